The van der Waals surface area contributed by atoms with E-state index in [-0.39, 0.29) is 0 Å². The summed E-state index contributed by atoms with van der Waals surface area (Å²) in [6, 6.07) is 0.637. The van der Waals surface area contributed by atoms with Gasteiger partial charge < -0.3 is 5.73 Å². The molecule has 2 heteroatoms. The van der Waals surface area contributed by atoms with Gasteiger partial charge in [-0.1, -0.05) is 20.3 Å². The number of rotatable bonds is 4. The molecule has 2 nitrogen and oxygen atoms in total. The van der Waals surface area contributed by atoms with Crippen molar-refractivity contribution in [2.45, 2.75) is 45.6 Å². The third-order valence-electron chi connectivity index (χ3n) is 3.49. The summed E-state index contributed by atoms with van der Waals surface area (Å²) in [4.78, 5) is 2.58. The summed E-state index contributed by atoms with van der Waals surface area (Å²) >= 11 is 0. The molecule has 1 heterocycles. The van der Waals surface area contributed by atoms with Crippen LogP contribution in [0, 0.1) is 5.92 Å². The predicted octanol–water partition coefficient (Wildman–Crippen LogP) is 1.85. The molecule has 0 saturated carbocycles. The molecule has 1 aliphatic heterocycles. The average Bonchev–Trinajstić information content (AvgIpc) is 2.21. The quantitative estimate of drug-likeness (QED) is 0.722. The molecule has 1 fully saturated rings. The first-order valence-electron chi connectivity index (χ1n) is 5.75. The maximum Gasteiger partial charge on any atom is 0.0215 e. The highest BCUT2D eigenvalue weighted by molar-refractivity contribution is 4.77. The van der Waals surface area contributed by atoms with E-state index in [0.29, 0.717) is 6.04 Å². The van der Waals surface area contributed by atoms with Crippen LogP contribution in [0.15, 0.2) is 0 Å². The SMILES string of the molecule is CCC1CCN(C(CC)CN)CC1. The van der Waals surface area contributed by atoms with Gasteiger partial charge in [-0.25, -0.2) is 0 Å². The van der Waals surface area contributed by atoms with Crippen LogP contribution in [0.5, 0.6) is 0 Å². The second-order valence-corrected chi connectivity index (χ2v) is 4.19. The lowest BCUT2D eigenvalue weighted by atomic mass is 9.93. The van der Waals surface area contributed by atoms with E-state index in [1.54, 1.807) is 0 Å². The number of likely N-dealkylation sites (tertiary alicyclic amines) is 1. The van der Waals surface area contributed by atoms with E-state index in [9.17, 15) is 0 Å². The van der Waals surface area contributed by atoms with E-state index in [1.807, 2.05) is 0 Å². The fourth-order valence-corrected chi connectivity index (χ4v) is 2.30. The first-order valence-corrected chi connectivity index (χ1v) is 5.75. The van der Waals surface area contributed by atoms with Crippen LogP contribution in [0.1, 0.15) is 39.5 Å². The molecule has 13 heavy (non-hydrogen) atoms. The fraction of sp³-hybridized carbons (Fsp3) is 1.00. The van der Waals surface area contributed by atoms with Gasteiger partial charge in [0.1, 0.15) is 0 Å². The summed E-state index contributed by atoms with van der Waals surface area (Å²) in [7, 11) is 0. The highest BCUT2D eigenvalue weighted by Crippen LogP contribution is 2.21. The lowest BCUT2D eigenvalue weighted by molar-refractivity contribution is 0.131. The molecule has 78 valence electrons. The molecule has 1 aliphatic rings. The van der Waals surface area contributed by atoms with Crippen LogP contribution in [0.25, 0.3) is 0 Å². The van der Waals surface area contributed by atoms with Crippen LogP contribution in [-0.4, -0.2) is 30.6 Å². The second-order valence-electron chi connectivity index (χ2n) is 4.19. The molecule has 0 aromatic heterocycles. The van der Waals surface area contributed by atoms with Crippen molar-refractivity contribution in [3.05, 3.63) is 0 Å². The standard InChI is InChI=1S/C11H24N2/c1-3-10-5-7-13(8-6-10)11(4-2)9-12/h10-11H,3-9,12H2,1-2H3. The number of nitrogens with two attached hydrogens (primary N) is 1. The van der Waals surface area contributed by atoms with E-state index in [1.165, 1.54) is 38.8 Å². The average molecular weight is 184 g/mol. The van der Waals surface area contributed by atoms with Gasteiger partial charge in [0, 0.05) is 12.6 Å². The zero-order chi connectivity index (χ0) is 9.68. The lowest BCUT2D eigenvalue weighted by Crippen LogP contribution is -2.44. The number of nitrogens with zero attached hydrogens (tertiary/aromatic N) is 1. The van der Waals surface area contributed by atoms with Crippen molar-refractivity contribution in [2.75, 3.05) is 19.6 Å². The fourth-order valence-electron chi connectivity index (χ4n) is 2.30. The molecule has 1 unspecified atom stereocenters. The third kappa shape index (κ3) is 2.96. The number of hydrogen-bond acceptors (Lipinski definition) is 2. The van der Waals surface area contributed by atoms with Crippen molar-refractivity contribution in [3.8, 4) is 0 Å². The molecule has 1 saturated heterocycles. The topological polar surface area (TPSA) is 29.3 Å². The van der Waals surface area contributed by atoms with Crippen LogP contribution < -0.4 is 5.73 Å². The Labute approximate surface area is 82.5 Å². The number of piperidine rings is 1. The van der Waals surface area contributed by atoms with E-state index in [4.69, 9.17) is 5.73 Å². The molecule has 0 bridgehead atoms. The lowest BCUT2D eigenvalue weighted by Gasteiger charge is -2.36. The first kappa shape index (κ1) is 11.0. The van der Waals surface area contributed by atoms with Crippen LogP contribution >= 0.6 is 0 Å². The largest absolute Gasteiger partial charge is 0.329 e. The molecule has 0 aromatic rings. The molecular formula is C11H24N2. The minimum atomic E-state index is 0.637. The normalized spacial score (nSPS) is 23.3. The minimum Gasteiger partial charge on any atom is -0.329 e. The van der Waals surface area contributed by atoms with Crippen LogP contribution in [0.2, 0.25) is 0 Å². The Kier molecular flexibility index (Phi) is 4.74. The Hall–Kier alpha value is -0.0800. The molecule has 2 N–H and O–H groups in total. The zero-order valence-electron chi connectivity index (χ0n) is 9.13. The van der Waals surface area contributed by atoms with E-state index in [2.05, 4.69) is 18.7 Å². The molecule has 0 radical (unpaired) electrons. The molecule has 1 rings (SSSR count). The van der Waals surface area contributed by atoms with E-state index >= 15 is 0 Å². The summed E-state index contributed by atoms with van der Waals surface area (Å²) in [6.45, 7) is 7.92. The monoisotopic (exact) mass is 184 g/mol. The van der Waals surface area contributed by atoms with Gasteiger partial charge in [0.15, 0.2) is 0 Å². The van der Waals surface area contributed by atoms with Gasteiger partial charge in [-0.15, -0.1) is 0 Å². The highest BCUT2D eigenvalue weighted by atomic mass is 15.2. The van der Waals surface area contributed by atoms with E-state index in [0.717, 1.165) is 12.5 Å². The third-order valence-corrected chi connectivity index (χ3v) is 3.49. The van der Waals surface area contributed by atoms with Crippen molar-refractivity contribution in [3.63, 3.8) is 0 Å². The predicted molar refractivity (Wildman–Crippen MR) is 57.7 cm³/mol. The van der Waals surface area contributed by atoms with Gasteiger partial charge in [-0.05, 0) is 38.3 Å². The number of hydrogen-bond donors (Lipinski definition) is 1. The Morgan fingerprint density at radius 2 is 1.92 bits per heavy atom. The van der Waals surface area contributed by atoms with Gasteiger partial charge in [-0.3, -0.25) is 4.90 Å². The molecule has 0 amide bonds. The van der Waals surface area contributed by atoms with Gasteiger partial charge in [-0.2, -0.15) is 0 Å². The molecule has 0 aromatic carbocycles. The Morgan fingerprint density at radius 3 is 2.31 bits per heavy atom. The molecule has 0 spiro atoms. The van der Waals surface area contributed by atoms with Crippen molar-refractivity contribution in [1.29, 1.82) is 0 Å². The second kappa shape index (κ2) is 5.61. The van der Waals surface area contributed by atoms with Crippen LogP contribution in [-0.2, 0) is 0 Å². The minimum absolute atomic E-state index is 0.637. The van der Waals surface area contributed by atoms with Gasteiger partial charge in [0.25, 0.3) is 0 Å². The summed E-state index contributed by atoms with van der Waals surface area (Å²) < 4.78 is 0. The Balaban J connectivity index is 2.30. The maximum absolute atomic E-state index is 5.74. The Morgan fingerprint density at radius 1 is 1.31 bits per heavy atom. The van der Waals surface area contributed by atoms with Crippen molar-refractivity contribution < 1.29 is 0 Å². The first-order chi connectivity index (χ1) is 6.31. The highest BCUT2D eigenvalue weighted by Gasteiger charge is 2.21. The summed E-state index contributed by atoms with van der Waals surface area (Å²) in [5.74, 6) is 0.978. The van der Waals surface area contributed by atoms with Crippen molar-refractivity contribution in [1.82, 2.24) is 4.90 Å². The van der Waals surface area contributed by atoms with Gasteiger partial charge in [0.05, 0.1) is 0 Å². The summed E-state index contributed by atoms with van der Waals surface area (Å²) in [5.41, 5.74) is 5.74. The zero-order valence-corrected chi connectivity index (χ0v) is 9.13. The molecular weight excluding hydrogens is 160 g/mol. The smallest absolute Gasteiger partial charge is 0.0215 e. The van der Waals surface area contributed by atoms with Gasteiger partial charge in [0.2, 0.25) is 0 Å². The van der Waals surface area contributed by atoms with Crippen molar-refractivity contribution in [2.24, 2.45) is 11.7 Å². The Bertz CT molecular complexity index is 124. The maximum atomic E-state index is 5.74. The van der Waals surface area contributed by atoms with Crippen molar-refractivity contribution >= 4 is 0 Å². The van der Waals surface area contributed by atoms with Crippen LogP contribution in [0.4, 0.5) is 0 Å². The molecule has 0 aliphatic carbocycles. The van der Waals surface area contributed by atoms with Gasteiger partial charge >= 0.3 is 0 Å². The summed E-state index contributed by atoms with van der Waals surface area (Å²) in [5, 5.41) is 0. The molecule has 1 atom stereocenters. The van der Waals surface area contributed by atoms with E-state index < -0.39 is 0 Å². The summed E-state index contributed by atoms with van der Waals surface area (Å²) in [6.07, 6.45) is 5.32. The van der Waals surface area contributed by atoms with Crippen LogP contribution in [0.3, 0.4) is 0 Å².